The Morgan fingerprint density at radius 2 is 1.74 bits per heavy atom. The largest absolute Gasteiger partial charge is 0.492 e. The molecule has 0 heterocycles. The molecule has 0 unspecified atom stereocenters. The first kappa shape index (κ1) is 17.1. The predicted molar refractivity (Wildman–Crippen MR) is 83.0 cm³/mol. The molecule has 23 heavy (non-hydrogen) atoms. The number of rotatable bonds is 5. The van der Waals surface area contributed by atoms with Gasteiger partial charge < -0.3 is 15.4 Å². The van der Waals surface area contributed by atoms with Crippen LogP contribution in [0.4, 0.5) is 23.7 Å². The van der Waals surface area contributed by atoms with Crippen LogP contribution in [0.25, 0.3) is 0 Å². The zero-order valence-corrected chi connectivity index (χ0v) is 13.3. The molecule has 2 aromatic rings. The summed E-state index contributed by atoms with van der Waals surface area (Å²) in [5.41, 5.74) is -0.449. The van der Waals surface area contributed by atoms with E-state index in [0.29, 0.717) is 5.75 Å². The molecule has 0 atom stereocenters. The van der Waals surface area contributed by atoms with E-state index < -0.39 is 29.2 Å². The van der Waals surface area contributed by atoms with Crippen molar-refractivity contribution < 1.29 is 22.7 Å². The molecular weight excluding hydrogens is 377 g/mol. The maximum Gasteiger partial charge on any atom is 0.319 e. The lowest BCUT2D eigenvalue weighted by Crippen LogP contribution is -2.32. The molecule has 4 nitrogen and oxygen atoms in total. The fourth-order valence-corrected chi connectivity index (χ4v) is 1.92. The normalized spacial score (nSPS) is 10.3. The second-order valence-electron chi connectivity index (χ2n) is 4.41. The van der Waals surface area contributed by atoms with Crippen LogP contribution >= 0.6 is 15.9 Å². The van der Waals surface area contributed by atoms with E-state index in [4.69, 9.17) is 4.74 Å². The van der Waals surface area contributed by atoms with Gasteiger partial charge in [0.2, 0.25) is 0 Å². The van der Waals surface area contributed by atoms with Gasteiger partial charge in [0.05, 0.1) is 12.2 Å². The third kappa shape index (κ3) is 4.88. The maximum absolute atomic E-state index is 13.4. The molecular formula is C15H12BrF3N2O2. The lowest BCUT2D eigenvalue weighted by molar-refractivity contribution is 0.247. The van der Waals surface area contributed by atoms with Gasteiger partial charge in [0.25, 0.3) is 0 Å². The highest BCUT2D eigenvalue weighted by Crippen LogP contribution is 2.19. The van der Waals surface area contributed by atoms with Gasteiger partial charge in [-0.1, -0.05) is 15.9 Å². The highest BCUT2D eigenvalue weighted by atomic mass is 79.9. The van der Waals surface area contributed by atoms with Crippen LogP contribution in [0, 0.1) is 17.5 Å². The molecule has 0 aliphatic rings. The van der Waals surface area contributed by atoms with E-state index in [9.17, 15) is 18.0 Å². The van der Waals surface area contributed by atoms with Gasteiger partial charge in [-0.05, 0) is 36.4 Å². The average Bonchev–Trinajstić information content (AvgIpc) is 2.54. The molecule has 0 aromatic heterocycles. The summed E-state index contributed by atoms with van der Waals surface area (Å²) in [7, 11) is 0. The van der Waals surface area contributed by atoms with Crippen molar-refractivity contribution >= 4 is 27.6 Å². The lowest BCUT2D eigenvalue weighted by atomic mass is 10.3. The summed E-state index contributed by atoms with van der Waals surface area (Å²) in [5.74, 6) is -3.79. The maximum atomic E-state index is 13.4. The summed E-state index contributed by atoms with van der Waals surface area (Å²) in [6, 6.07) is 8.02. The number of nitrogens with one attached hydrogen (secondary N) is 2. The molecule has 2 N–H and O–H groups in total. The number of benzene rings is 2. The Bertz CT molecular complexity index is 696. The van der Waals surface area contributed by atoms with E-state index in [-0.39, 0.29) is 13.2 Å². The Morgan fingerprint density at radius 1 is 1.04 bits per heavy atom. The lowest BCUT2D eigenvalue weighted by Gasteiger charge is -2.10. The standard InChI is InChI=1S/C15H12BrF3N2O2/c16-9-1-3-10(4-2-9)23-8-7-20-15(22)21-12-6-5-11(17)13(18)14(12)19/h1-6H,7-8H2,(H2,20,21,22). The van der Waals surface area contributed by atoms with Crippen molar-refractivity contribution in [3.63, 3.8) is 0 Å². The van der Waals surface area contributed by atoms with Gasteiger partial charge in [0.15, 0.2) is 17.5 Å². The van der Waals surface area contributed by atoms with Gasteiger partial charge in [-0.2, -0.15) is 0 Å². The number of carbonyl (C=O) groups is 1. The minimum atomic E-state index is -1.64. The second-order valence-corrected chi connectivity index (χ2v) is 5.32. The molecule has 0 fully saturated rings. The summed E-state index contributed by atoms with van der Waals surface area (Å²) in [6.07, 6.45) is 0. The van der Waals surface area contributed by atoms with E-state index in [1.165, 1.54) is 0 Å². The Morgan fingerprint density at radius 3 is 2.43 bits per heavy atom. The third-order valence-corrected chi connectivity index (χ3v) is 3.28. The molecule has 2 aromatic carbocycles. The van der Waals surface area contributed by atoms with E-state index in [0.717, 1.165) is 16.6 Å². The van der Waals surface area contributed by atoms with Gasteiger partial charge in [0.1, 0.15) is 12.4 Å². The van der Waals surface area contributed by atoms with E-state index in [1.807, 2.05) is 0 Å². The van der Waals surface area contributed by atoms with Gasteiger partial charge in [-0.15, -0.1) is 0 Å². The Balaban J connectivity index is 1.77. The molecule has 0 spiro atoms. The number of amides is 2. The van der Waals surface area contributed by atoms with Gasteiger partial charge in [-0.3, -0.25) is 0 Å². The minimum Gasteiger partial charge on any atom is -0.492 e. The topological polar surface area (TPSA) is 50.4 Å². The molecule has 2 rings (SSSR count). The quantitative estimate of drug-likeness (QED) is 0.599. The first-order valence-corrected chi connectivity index (χ1v) is 7.33. The van der Waals surface area contributed by atoms with Crippen molar-refractivity contribution in [1.82, 2.24) is 5.32 Å². The fraction of sp³-hybridized carbons (Fsp3) is 0.133. The van der Waals surface area contributed by atoms with E-state index in [1.54, 1.807) is 24.3 Å². The SMILES string of the molecule is O=C(NCCOc1ccc(Br)cc1)Nc1ccc(F)c(F)c1F. The number of ether oxygens (including phenoxy) is 1. The molecule has 0 aliphatic carbocycles. The van der Waals surface area contributed by atoms with Crippen molar-refractivity contribution in [2.45, 2.75) is 0 Å². The molecule has 0 saturated carbocycles. The number of carbonyl (C=O) groups excluding carboxylic acids is 1. The Labute approximate surface area is 138 Å². The molecule has 0 bridgehead atoms. The molecule has 8 heteroatoms. The molecule has 0 aliphatic heterocycles. The third-order valence-electron chi connectivity index (χ3n) is 2.75. The number of urea groups is 1. The van der Waals surface area contributed by atoms with Crippen molar-refractivity contribution in [3.8, 4) is 5.75 Å². The van der Waals surface area contributed by atoms with E-state index >= 15 is 0 Å². The average molecular weight is 389 g/mol. The summed E-state index contributed by atoms with van der Waals surface area (Å²) >= 11 is 3.29. The first-order valence-electron chi connectivity index (χ1n) is 6.54. The first-order chi connectivity index (χ1) is 11.0. The molecule has 0 radical (unpaired) electrons. The second kappa shape index (κ2) is 7.87. The van der Waals surface area contributed by atoms with Gasteiger partial charge in [0, 0.05) is 4.47 Å². The number of halogens is 4. The summed E-state index contributed by atoms with van der Waals surface area (Å²) < 4.78 is 45.5. The van der Waals surface area contributed by atoms with Crippen LogP contribution in [0.3, 0.4) is 0 Å². The smallest absolute Gasteiger partial charge is 0.319 e. The minimum absolute atomic E-state index is 0.146. The number of hydrogen-bond acceptors (Lipinski definition) is 2. The zero-order valence-electron chi connectivity index (χ0n) is 11.7. The molecule has 2 amide bonds. The van der Waals surface area contributed by atoms with Crippen LogP contribution in [0.2, 0.25) is 0 Å². The summed E-state index contributed by atoms with van der Waals surface area (Å²) in [4.78, 5) is 11.6. The van der Waals surface area contributed by atoms with Crippen LogP contribution in [0.1, 0.15) is 0 Å². The highest BCUT2D eigenvalue weighted by Gasteiger charge is 2.14. The van der Waals surface area contributed by atoms with Crippen molar-refractivity contribution in [3.05, 3.63) is 58.3 Å². The zero-order chi connectivity index (χ0) is 16.8. The Hall–Kier alpha value is -2.22. The molecule has 0 saturated heterocycles. The highest BCUT2D eigenvalue weighted by molar-refractivity contribution is 9.10. The van der Waals surface area contributed by atoms with Crippen molar-refractivity contribution in [2.75, 3.05) is 18.5 Å². The van der Waals surface area contributed by atoms with Crippen LogP contribution < -0.4 is 15.4 Å². The number of anilines is 1. The van der Waals surface area contributed by atoms with E-state index in [2.05, 4.69) is 26.6 Å². The predicted octanol–water partition coefficient (Wildman–Crippen LogP) is 4.07. The van der Waals surface area contributed by atoms with Crippen LogP contribution in [0.15, 0.2) is 40.9 Å². The van der Waals surface area contributed by atoms with Crippen LogP contribution in [-0.4, -0.2) is 19.2 Å². The summed E-state index contributed by atoms with van der Waals surface area (Å²) in [6.45, 7) is 0.336. The monoisotopic (exact) mass is 388 g/mol. The van der Waals surface area contributed by atoms with Crippen LogP contribution in [-0.2, 0) is 0 Å². The number of hydrogen-bond donors (Lipinski definition) is 2. The van der Waals surface area contributed by atoms with Crippen molar-refractivity contribution in [1.29, 1.82) is 0 Å². The van der Waals surface area contributed by atoms with Crippen LogP contribution in [0.5, 0.6) is 5.75 Å². The fourth-order valence-electron chi connectivity index (χ4n) is 1.65. The van der Waals surface area contributed by atoms with Crippen molar-refractivity contribution in [2.24, 2.45) is 0 Å². The van der Waals surface area contributed by atoms with Gasteiger partial charge >= 0.3 is 6.03 Å². The molecule has 122 valence electrons. The Kier molecular flexibility index (Phi) is 5.86. The summed E-state index contributed by atoms with van der Waals surface area (Å²) in [5, 5.41) is 4.50. The van der Waals surface area contributed by atoms with Gasteiger partial charge in [-0.25, -0.2) is 18.0 Å².